The number of hydrogen-bond donors (Lipinski definition) is 2. The number of hydrogen-bond acceptors (Lipinski definition) is 5. The third kappa shape index (κ3) is 6.86. The molecule has 11 heteroatoms. The van der Waals surface area contributed by atoms with Gasteiger partial charge in [0, 0.05) is 4.47 Å². The van der Waals surface area contributed by atoms with Gasteiger partial charge in [-0.05, 0) is 34.1 Å². The topological polar surface area (TPSA) is 93.7 Å². The number of amides is 3. The Morgan fingerprint density at radius 3 is 2.50 bits per heavy atom. The van der Waals surface area contributed by atoms with Gasteiger partial charge in [-0.25, -0.2) is 9.59 Å². The van der Waals surface area contributed by atoms with Crippen molar-refractivity contribution in [3.8, 4) is 5.75 Å². The molecule has 24 heavy (non-hydrogen) atoms. The lowest BCUT2D eigenvalue weighted by atomic mass is 10.2. The molecule has 0 aliphatic carbocycles. The molecule has 0 aliphatic heterocycles. The van der Waals surface area contributed by atoms with Crippen LogP contribution in [0.1, 0.15) is 10.4 Å². The predicted octanol–water partition coefficient (Wildman–Crippen LogP) is 2.00. The van der Waals surface area contributed by atoms with Crippen LogP contribution in [0.15, 0.2) is 22.7 Å². The molecule has 0 unspecified atom stereocenters. The molecule has 0 spiro atoms. The van der Waals surface area contributed by atoms with E-state index >= 15 is 0 Å². The van der Waals surface area contributed by atoms with Gasteiger partial charge < -0.3 is 14.8 Å². The minimum atomic E-state index is -4.61. The maximum absolute atomic E-state index is 11.9. The third-order valence-electron chi connectivity index (χ3n) is 2.43. The van der Waals surface area contributed by atoms with Gasteiger partial charge in [0.05, 0.1) is 12.7 Å². The van der Waals surface area contributed by atoms with Gasteiger partial charge >= 0.3 is 18.2 Å². The summed E-state index contributed by atoms with van der Waals surface area (Å²) in [4.78, 5) is 34.2. The van der Waals surface area contributed by atoms with Gasteiger partial charge in [0.25, 0.3) is 5.91 Å². The summed E-state index contributed by atoms with van der Waals surface area (Å²) in [5, 5.41) is 3.03. The van der Waals surface area contributed by atoms with Crippen LogP contribution >= 0.6 is 15.9 Å². The van der Waals surface area contributed by atoms with E-state index in [4.69, 9.17) is 4.74 Å². The molecule has 0 aliphatic rings. The minimum Gasteiger partial charge on any atom is -0.497 e. The zero-order valence-corrected chi connectivity index (χ0v) is 13.8. The molecule has 0 saturated heterocycles. The molecule has 1 aromatic carbocycles. The summed E-state index contributed by atoms with van der Waals surface area (Å²) in [6, 6.07) is 3.12. The first-order chi connectivity index (χ1) is 11.1. The van der Waals surface area contributed by atoms with Crippen LogP contribution in [0.2, 0.25) is 0 Å². The monoisotopic (exact) mass is 412 g/mol. The number of urea groups is 1. The molecular weight excluding hydrogens is 401 g/mol. The van der Waals surface area contributed by atoms with Crippen molar-refractivity contribution < 1.29 is 37.0 Å². The second-order valence-electron chi connectivity index (χ2n) is 4.27. The highest BCUT2D eigenvalue weighted by atomic mass is 79.9. The van der Waals surface area contributed by atoms with E-state index in [1.807, 2.05) is 0 Å². The number of imide groups is 1. The number of esters is 1. The van der Waals surface area contributed by atoms with E-state index in [9.17, 15) is 27.6 Å². The molecule has 1 aromatic rings. The van der Waals surface area contributed by atoms with Crippen molar-refractivity contribution >= 4 is 33.8 Å². The number of nitrogens with one attached hydrogen (secondary N) is 2. The van der Waals surface area contributed by atoms with Crippen molar-refractivity contribution in [1.82, 2.24) is 10.6 Å². The molecule has 0 atom stereocenters. The molecule has 0 radical (unpaired) electrons. The Hall–Kier alpha value is -2.30. The van der Waals surface area contributed by atoms with E-state index in [-0.39, 0.29) is 5.56 Å². The van der Waals surface area contributed by atoms with Crippen LogP contribution in [0.3, 0.4) is 0 Å². The van der Waals surface area contributed by atoms with Gasteiger partial charge in [0.15, 0.2) is 6.61 Å². The van der Waals surface area contributed by atoms with Gasteiger partial charge in [-0.15, -0.1) is 0 Å². The van der Waals surface area contributed by atoms with Crippen LogP contribution in [-0.4, -0.2) is 44.3 Å². The second-order valence-corrected chi connectivity index (χ2v) is 5.12. The zero-order valence-electron chi connectivity index (χ0n) is 12.2. The van der Waals surface area contributed by atoms with Crippen LogP contribution in [-0.2, 0) is 9.53 Å². The molecule has 0 aromatic heterocycles. The van der Waals surface area contributed by atoms with Crippen molar-refractivity contribution in [1.29, 1.82) is 0 Å². The molecular formula is C13H12BrF3N2O5. The lowest BCUT2D eigenvalue weighted by Gasteiger charge is -2.10. The van der Waals surface area contributed by atoms with Crippen LogP contribution in [0.4, 0.5) is 18.0 Å². The first-order valence-corrected chi connectivity index (χ1v) is 7.07. The standard InChI is InChI=1S/C13H12BrF3N2O5/c1-23-7-2-3-9(14)8(4-7)11(21)24-5-10(20)19-12(22)18-6-13(15,16)17/h2-4H,5-6H2,1H3,(H2,18,19,20,22). The van der Waals surface area contributed by atoms with E-state index in [1.165, 1.54) is 24.6 Å². The van der Waals surface area contributed by atoms with Gasteiger partial charge in [-0.1, -0.05) is 0 Å². The highest BCUT2D eigenvalue weighted by Crippen LogP contribution is 2.23. The largest absolute Gasteiger partial charge is 0.497 e. The summed E-state index contributed by atoms with van der Waals surface area (Å²) < 4.78 is 45.7. The first kappa shape index (κ1) is 19.7. The highest BCUT2D eigenvalue weighted by molar-refractivity contribution is 9.10. The van der Waals surface area contributed by atoms with Gasteiger partial charge in [0.1, 0.15) is 12.3 Å². The molecule has 7 nitrogen and oxygen atoms in total. The molecule has 0 heterocycles. The smallest absolute Gasteiger partial charge is 0.405 e. The van der Waals surface area contributed by atoms with E-state index in [0.717, 1.165) is 0 Å². The average Bonchev–Trinajstić information content (AvgIpc) is 2.50. The quantitative estimate of drug-likeness (QED) is 0.721. The van der Waals surface area contributed by atoms with Crippen LogP contribution in [0.25, 0.3) is 0 Å². The number of alkyl halides is 3. The zero-order chi connectivity index (χ0) is 18.3. The maximum Gasteiger partial charge on any atom is 0.405 e. The van der Waals surface area contributed by atoms with Gasteiger partial charge in [-0.2, -0.15) is 13.2 Å². The van der Waals surface area contributed by atoms with Crippen LogP contribution in [0.5, 0.6) is 5.75 Å². The Morgan fingerprint density at radius 1 is 1.25 bits per heavy atom. The number of ether oxygens (including phenoxy) is 2. The lowest BCUT2D eigenvalue weighted by Crippen LogP contribution is -2.44. The van der Waals surface area contributed by atoms with Gasteiger partial charge in [0.2, 0.25) is 0 Å². The summed E-state index contributed by atoms with van der Waals surface area (Å²) in [5.74, 6) is -1.59. The van der Waals surface area contributed by atoms with Crippen molar-refractivity contribution in [2.75, 3.05) is 20.3 Å². The SMILES string of the molecule is COc1ccc(Br)c(C(=O)OCC(=O)NC(=O)NCC(F)(F)F)c1. The third-order valence-corrected chi connectivity index (χ3v) is 3.12. The van der Waals surface area contributed by atoms with E-state index < -0.39 is 37.2 Å². The number of rotatable bonds is 5. The summed E-state index contributed by atoms with van der Waals surface area (Å²) in [7, 11) is 1.39. The average molecular weight is 413 g/mol. The molecule has 1 rings (SSSR count). The summed E-state index contributed by atoms with van der Waals surface area (Å²) in [6.45, 7) is -2.44. The Labute approximate surface area is 142 Å². The summed E-state index contributed by atoms with van der Waals surface area (Å²) in [6.07, 6.45) is -4.61. The van der Waals surface area contributed by atoms with E-state index in [0.29, 0.717) is 10.2 Å². The number of methoxy groups -OCH3 is 1. The van der Waals surface area contributed by atoms with Gasteiger partial charge in [-0.3, -0.25) is 10.1 Å². The van der Waals surface area contributed by atoms with Crippen molar-refractivity contribution in [3.05, 3.63) is 28.2 Å². The Kier molecular flexibility index (Phi) is 7.01. The Morgan fingerprint density at radius 2 is 1.92 bits per heavy atom. The summed E-state index contributed by atoms with van der Waals surface area (Å²) in [5.41, 5.74) is 0.0728. The fraction of sp³-hybridized carbons (Fsp3) is 0.308. The second kappa shape index (κ2) is 8.52. The Bertz CT molecular complexity index is 637. The number of benzene rings is 1. The van der Waals surface area contributed by atoms with Crippen LogP contribution < -0.4 is 15.4 Å². The Balaban J connectivity index is 2.49. The maximum atomic E-state index is 11.9. The van der Waals surface area contributed by atoms with Crippen LogP contribution in [0, 0.1) is 0 Å². The first-order valence-electron chi connectivity index (χ1n) is 6.27. The normalized spacial score (nSPS) is 10.7. The minimum absolute atomic E-state index is 0.0728. The number of carbonyl (C=O) groups is 3. The summed E-state index contributed by atoms with van der Waals surface area (Å²) >= 11 is 3.12. The highest BCUT2D eigenvalue weighted by Gasteiger charge is 2.28. The van der Waals surface area contributed by atoms with Crippen molar-refractivity contribution in [2.45, 2.75) is 6.18 Å². The molecule has 3 amide bonds. The number of carbonyl (C=O) groups excluding carboxylic acids is 3. The molecule has 0 fully saturated rings. The number of halogens is 4. The fourth-order valence-electron chi connectivity index (χ4n) is 1.38. The van der Waals surface area contributed by atoms with Crippen molar-refractivity contribution in [3.63, 3.8) is 0 Å². The molecule has 132 valence electrons. The van der Waals surface area contributed by atoms with Crippen molar-refractivity contribution in [2.24, 2.45) is 0 Å². The van der Waals surface area contributed by atoms with E-state index in [1.54, 1.807) is 11.4 Å². The fourth-order valence-corrected chi connectivity index (χ4v) is 1.79. The molecule has 2 N–H and O–H groups in total. The predicted molar refractivity (Wildman–Crippen MR) is 78.6 cm³/mol. The molecule has 0 saturated carbocycles. The van der Waals surface area contributed by atoms with E-state index in [2.05, 4.69) is 20.7 Å². The molecule has 0 bridgehead atoms. The lowest BCUT2D eigenvalue weighted by molar-refractivity contribution is -0.125.